The van der Waals surface area contributed by atoms with Crippen molar-refractivity contribution in [1.29, 1.82) is 0 Å². The highest BCUT2D eigenvalue weighted by atomic mass is 32.1. The van der Waals surface area contributed by atoms with Gasteiger partial charge in [-0.25, -0.2) is 0 Å². The van der Waals surface area contributed by atoms with Crippen molar-refractivity contribution in [3.63, 3.8) is 0 Å². The molecule has 0 radical (unpaired) electrons. The predicted octanol–water partition coefficient (Wildman–Crippen LogP) is 5.16. The minimum atomic E-state index is -0.903. The highest BCUT2D eigenvalue weighted by Crippen LogP contribution is 2.44. The summed E-state index contributed by atoms with van der Waals surface area (Å²) in [6, 6.07) is 0.210. The number of aliphatic carboxylic acids is 1. The number of carboxylic acid groups (broad SMARTS) is 1. The Bertz CT molecular complexity index is 818. The summed E-state index contributed by atoms with van der Waals surface area (Å²) in [4.78, 5) is 37.7. The van der Waals surface area contributed by atoms with E-state index in [9.17, 15) is 14.4 Å². The molecule has 3 N–H and O–H groups in total. The molecule has 0 spiro atoms. The number of anilines is 1. The van der Waals surface area contributed by atoms with E-state index in [2.05, 4.69) is 31.4 Å². The topological polar surface area (TPSA) is 95.5 Å². The Morgan fingerprint density at radius 1 is 1.06 bits per heavy atom. The number of carbonyl (C=O) groups is 3. The molecule has 1 saturated carbocycles. The molecule has 0 aromatic carbocycles. The molecule has 2 aliphatic rings. The molecule has 1 unspecified atom stereocenters. The van der Waals surface area contributed by atoms with Gasteiger partial charge in [0.15, 0.2) is 0 Å². The van der Waals surface area contributed by atoms with Crippen molar-refractivity contribution >= 4 is 34.1 Å². The van der Waals surface area contributed by atoms with Crippen molar-refractivity contribution < 1.29 is 19.5 Å². The van der Waals surface area contributed by atoms with Crippen molar-refractivity contribution in [3.8, 4) is 0 Å². The van der Waals surface area contributed by atoms with Gasteiger partial charge in [-0.05, 0) is 55.4 Å². The number of nitrogens with one attached hydrogen (secondary N) is 2. The largest absolute Gasteiger partial charge is 0.481 e. The molecular formula is C24H36N2O4S. The summed E-state index contributed by atoms with van der Waals surface area (Å²) in [6.07, 6.45) is 8.79. The second kappa shape index (κ2) is 10.2. The zero-order chi connectivity index (χ0) is 22.6. The van der Waals surface area contributed by atoms with Crippen LogP contribution in [0.1, 0.15) is 99.4 Å². The van der Waals surface area contributed by atoms with Crippen molar-refractivity contribution in [2.45, 2.75) is 97.4 Å². The predicted molar refractivity (Wildman–Crippen MR) is 124 cm³/mol. The Balaban J connectivity index is 1.80. The van der Waals surface area contributed by atoms with E-state index in [1.165, 1.54) is 22.6 Å². The molecular weight excluding hydrogens is 412 g/mol. The van der Waals surface area contributed by atoms with Gasteiger partial charge in [-0.15, -0.1) is 11.3 Å². The number of carboxylic acids is 1. The third-order valence-electron chi connectivity index (χ3n) is 6.70. The third-order valence-corrected chi connectivity index (χ3v) is 7.87. The van der Waals surface area contributed by atoms with Gasteiger partial charge < -0.3 is 15.7 Å². The molecule has 2 aliphatic carbocycles. The smallest absolute Gasteiger partial charge is 0.303 e. The summed E-state index contributed by atoms with van der Waals surface area (Å²) in [5.74, 6) is -0.648. The van der Waals surface area contributed by atoms with Gasteiger partial charge in [-0.2, -0.15) is 0 Å². The maximum Gasteiger partial charge on any atom is 0.303 e. The Labute approximate surface area is 189 Å². The number of hydrogen-bond donors (Lipinski definition) is 3. The molecule has 7 heteroatoms. The van der Waals surface area contributed by atoms with E-state index in [-0.39, 0.29) is 36.1 Å². The standard InChI is InChI=1S/C24H36N2O4S/c1-24(2,3)15-12-13-17-18(14-15)31-23(26-19(27)10-7-11-20(28)29)21(17)22(30)25-16-8-5-4-6-9-16/h15-16H,4-14H2,1-3H3,(H,25,30)(H,26,27)(H,28,29). The fourth-order valence-corrected chi connectivity index (χ4v) is 6.09. The molecule has 0 bridgehead atoms. The Hall–Kier alpha value is -1.89. The van der Waals surface area contributed by atoms with Crippen LogP contribution in [0.25, 0.3) is 0 Å². The minimum absolute atomic E-state index is 0.0311. The van der Waals surface area contributed by atoms with E-state index in [0.717, 1.165) is 50.5 Å². The van der Waals surface area contributed by atoms with Gasteiger partial charge in [0, 0.05) is 23.8 Å². The first-order chi connectivity index (χ1) is 14.6. The Morgan fingerprint density at radius 3 is 2.42 bits per heavy atom. The molecule has 1 atom stereocenters. The summed E-state index contributed by atoms with van der Waals surface area (Å²) < 4.78 is 0. The van der Waals surface area contributed by atoms with Crippen molar-refractivity contribution in [1.82, 2.24) is 5.32 Å². The highest BCUT2D eigenvalue weighted by molar-refractivity contribution is 7.17. The number of thiophene rings is 1. The monoisotopic (exact) mass is 448 g/mol. The summed E-state index contributed by atoms with van der Waals surface area (Å²) in [5.41, 5.74) is 1.94. The number of fused-ring (bicyclic) bond motifs is 1. The molecule has 2 amide bonds. The van der Waals surface area contributed by atoms with Crippen LogP contribution in [0.4, 0.5) is 5.00 Å². The molecule has 1 fully saturated rings. The first-order valence-corrected chi connectivity index (χ1v) is 12.4. The van der Waals surface area contributed by atoms with E-state index in [4.69, 9.17) is 5.11 Å². The summed E-state index contributed by atoms with van der Waals surface area (Å²) in [6.45, 7) is 6.79. The normalized spacial score (nSPS) is 19.5. The minimum Gasteiger partial charge on any atom is -0.481 e. The molecule has 0 saturated heterocycles. The zero-order valence-corrected chi connectivity index (χ0v) is 19.8. The van der Waals surface area contributed by atoms with Crippen molar-refractivity contribution in [3.05, 3.63) is 16.0 Å². The van der Waals surface area contributed by atoms with Crippen LogP contribution >= 0.6 is 11.3 Å². The molecule has 1 aromatic rings. The SMILES string of the molecule is CC(C)(C)C1CCc2c(sc(NC(=O)CCCC(=O)O)c2C(=O)NC2CCCCC2)C1. The van der Waals surface area contributed by atoms with Crippen LogP contribution in [0.2, 0.25) is 0 Å². The zero-order valence-electron chi connectivity index (χ0n) is 19.0. The molecule has 31 heavy (non-hydrogen) atoms. The lowest BCUT2D eigenvalue weighted by Gasteiger charge is -2.34. The highest BCUT2D eigenvalue weighted by Gasteiger charge is 2.34. The lowest BCUT2D eigenvalue weighted by molar-refractivity contribution is -0.137. The van der Waals surface area contributed by atoms with Crippen LogP contribution in [-0.2, 0) is 22.4 Å². The van der Waals surface area contributed by atoms with Crippen LogP contribution in [0.3, 0.4) is 0 Å². The number of carbonyl (C=O) groups excluding carboxylic acids is 2. The second-order valence-electron chi connectivity index (χ2n) is 10.1. The van der Waals surface area contributed by atoms with Crippen molar-refractivity contribution in [2.24, 2.45) is 11.3 Å². The van der Waals surface area contributed by atoms with E-state index in [1.807, 2.05) is 0 Å². The maximum absolute atomic E-state index is 13.3. The maximum atomic E-state index is 13.3. The number of amides is 2. The Kier molecular flexibility index (Phi) is 7.78. The fraction of sp³-hybridized carbons (Fsp3) is 0.708. The Morgan fingerprint density at radius 2 is 1.77 bits per heavy atom. The molecule has 172 valence electrons. The van der Waals surface area contributed by atoms with Gasteiger partial charge in [-0.3, -0.25) is 14.4 Å². The van der Waals surface area contributed by atoms with Gasteiger partial charge in [-0.1, -0.05) is 40.0 Å². The first-order valence-electron chi connectivity index (χ1n) is 11.6. The first kappa shape index (κ1) is 23.8. The summed E-state index contributed by atoms with van der Waals surface area (Å²) in [5, 5.41) is 15.6. The van der Waals surface area contributed by atoms with Gasteiger partial charge in [0.2, 0.25) is 5.91 Å². The van der Waals surface area contributed by atoms with Crippen LogP contribution in [0, 0.1) is 11.3 Å². The fourth-order valence-electron chi connectivity index (χ4n) is 4.75. The van der Waals surface area contributed by atoms with E-state index < -0.39 is 5.97 Å². The van der Waals surface area contributed by atoms with Gasteiger partial charge in [0.25, 0.3) is 5.91 Å². The van der Waals surface area contributed by atoms with Gasteiger partial charge in [0.05, 0.1) is 5.56 Å². The second-order valence-corrected chi connectivity index (χ2v) is 11.2. The average molecular weight is 449 g/mol. The lowest BCUT2D eigenvalue weighted by Crippen LogP contribution is -2.37. The average Bonchev–Trinajstić information content (AvgIpc) is 3.04. The lowest BCUT2D eigenvalue weighted by atomic mass is 9.72. The molecule has 1 aromatic heterocycles. The molecule has 1 heterocycles. The quantitative estimate of drug-likeness (QED) is 0.537. The third kappa shape index (κ3) is 6.31. The van der Waals surface area contributed by atoms with E-state index in [0.29, 0.717) is 22.9 Å². The molecule has 6 nitrogen and oxygen atoms in total. The number of hydrogen-bond acceptors (Lipinski definition) is 4. The van der Waals surface area contributed by atoms with Gasteiger partial charge in [0.1, 0.15) is 5.00 Å². The molecule has 0 aliphatic heterocycles. The van der Waals surface area contributed by atoms with E-state index >= 15 is 0 Å². The summed E-state index contributed by atoms with van der Waals surface area (Å²) >= 11 is 1.53. The molecule has 3 rings (SSSR count). The van der Waals surface area contributed by atoms with Gasteiger partial charge >= 0.3 is 5.97 Å². The van der Waals surface area contributed by atoms with Crippen molar-refractivity contribution in [2.75, 3.05) is 5.32 Å². The summed E-state index contributed by atoms with van der Waals surface area (Å²) in [7, 11) is 0. The van der Waals surface area contributed by atoms with Crippen LogP contribution in [0.15, 0.2) is 0 Å². The van der Waals surface area contributed by atoms with Crippen LogP contribution < -0.4 is 10.6 Å². The van der Waals surface area contributed by atoms with Crippen LogP contribution in [0.5, 0.6) is 0 Å². The van der Waals surface area contributed by atoms with E-state index in [1.54, 1.807) is 0 Å². The number of rotatable bonds is 7. The van der Waals surface area contributed by atoms with Crippen LogP contribution in [-0.4, -0.2) is 28.9 Å².